The summed E-state index contributed by atoms with van der Waals surface area (Å²) >= 11 is 6.30. The molecule has 2 amide bonds. The summed E-state index contributed by atoms with van der Waals surface area (Å²) in [7, 11) is -2.80. The van der Waals surface area contributed by atoms with Crippen LogP contribution >= 0.6 is 11.6 Å². The minimum Gasteiger partial charge on any atom is -0.495 e. The van der Waals surface area contributed by atoms with Gasteiger partial charge in [-0.05, 0) is 42.3 Å². The van der Waals surface area contributed by atoms with Crippen molar-refractivity contribution >= 4 is 44.6 Å². The lowest BCUT2D eigenvalue weighted by Crippen LogP contribution is -2.54. The topological polar surface area (TPSA) is 84.0 Å². The molecule has 3 aromatic rings. The van der Waals surface area contributed by atoms with Crippen LogP contribution in [0.15, 0.2) is 66.7 Å². The van der Waals surface area contributed by atoms with Crippen molar-refractivity contribution in [3.8, 4) is 5.75 Å². The van der Waals surface area contributed by atoms with Crippen LogP contribution in [0.4, 0.5) is 11.4 Å². The number of sulfone groups is 1. The Balaban J connectivity index is 1.74. The van der Waals surface area contributed by atoms with Gasteiger partial charge >= 0.3 is 0 Å². The molecule has 5 rings (SSSR count). The monoisotopic (exact) mass is 496 g/mol. The smallest absolute Gasteiger partial charge is 0.274 e. The number of benzene rings is 3. The molecule has 0 aromatic heterocycles. The summed E-state index contributed by atoms with van der Waals surface area (Å²) in [5, 5.41) is 0.197. The fraction of sp³-hybridized carbons (Fsp3) is 0.200. The number of methoxy groups -OCH3 is 1. The third kappa shape index (κ3) is 2.98. The molecular weight excluding hydrogens is 476 g/mol. The molecule has 2 heterocycles. The van der Waals surface area contributed by atoms with Crippen LogP contribution in [0.1, 0.15) is 16.7 Å². The first-order valence-corrected chi connectivity index (χ1v) is 12.6. The van der Waals surface area contributed by atoms with E-state index in [-0.39, 0.29) is 22.8 Å². The van der Waals surface area contributed by atoms with Gasteiger partial charge in [-0.25, -0.2) is 8.42 Å². The predicted molar refractivity (Wildman–Crippen MR) is 130 cm³/mol. The van der Waals surface area contributed by atoms with Crippen LogP contribution in [0, 0.1) is 6.92 Å². The molecule has 0 bridgehead atoms. The average Bonchev–Trinajstić information content (AvgIpc) is 3.18. The summed E-state index contributed by atoms with van der Waals surface area (Å²) in [6.07, 6.45) is 0. The van der Waals surface area contributed by atoms with E-state index in [0.29, 0.717) is 11.4 Å². The van der Waals surface area contributed by atoms with Gasteiger partial charge in [-0.1, -0.05) is 54.1 Å². The van der Waals surface area contributed by atoms with Gasteiger partial charge in [-0.2, -0.15) is 0 Å². The molecule has 9 heteroatoms. The van der Waals surface area contributed by atoms with Gasteiger partial charge in [0.15, 0.2) is 9.84 Å². The number of hydrogen-bond acceptors (Lipinski definition) is 5. The summed E-state index contributed by atoms with van der Waals surface area (Å²) in [5.41, 5.74) is 2.77. The zero-order chi connectivity index (χ0) is 24.3. The molecule has 0 aliphatic carbocycles. The highest BCUT2D eigenvalue weighted by atomic mass is 35.5. The highest BCUT2D eigenvalue weighted by Crippen LogP contribution is 2.53. The maximum Gasteiger partial charge on any atom is 0.274 e. The van der Waals surface area contributed by atoms with Gasteiger partial charge in [0.25, 0.3) is 10.8 Å². The van der Waals surface area contributed by atoms with Crippen molar-refractivity contribution in [1.82, 2.24) is 0 Å². The van der Waals surface area contributed by atoms with Gasteiger partial charge in [-0.3, -0.25) is 14.5 Å². The number of ether oxygens (including phenoxy) is 1. The standard InChI is InChI=1S/C25H21ClN2O5S/c1-16-7-3-4-8-17(16)14-27-21-10-6-5-9-19(21)25(24(27)30)28(23(29)15-34(25,31)32)18-11-12-22(33-2)20(26)13-18/h3-13H,14-15H2,1-2H3/t25-/m0/s1. The van der Waals surface area contributed by atoms with Crippen molar-refractivity contribution in [3.63, 3.8) is 0 Å². The van der Waals surface area contributed by atoms with Gasteiger partial charge in [-0.15, -0.1) is 0 Å². The molecule has 1 spiro atoms. The van der Waals surface area contributed by atoms with E-state index in [0.717, 1.165) is 16.0 Å². The maximum atomic E-state index is 14.2. The molecule has 1 atom stereocenters. The van der Waals surface area contributed by atoms with Crippen LogP contribution in [-0.2, 0) is 30.8 Å². The van der Waals surface area contributed by atoms with Gasteiger partial charge < -0.3 is 9.64 Å². The fourth-order valence-corrected chi connectivity index (χ4v) is 7.09. The van der Waals surface area contributed by atoms with Crippen molar-refractivity contribution in [3.05, 3.63) is 88.4 Å². The molecule has 7 nitrogen and oxygen atoms in total. The molecule has 1 fully saturated rings. The molecule has 0 radical (unpaired) electrons. The Bertz CT molecular complexity index is 1460. The third-order valence-electron chi connectivity index (χ3n) is 6.41. The van der Waals surface area contributed by atoms with Crippen LogP contribution < -0.4 is 14.5 Å². The van der Waals surface area contributed by atoms with Crippen LogP contribution in [0.3, 0.4) is 0 Å². The second-order valence-electron chi connectivity index (χ2n) is 8.29. The number of anilines is 2. The van der Waals surface area contributed by atoms with E-state index in [1.54, 1.807) is 30.3 Å². The minimum atomic E-state index is -4.25. The van der Waals surface area contributed by atoms with Crippen molar-refractivity contribution in [1.29, 1.82) is 0 Å². The van der Waals surface area contributed by atoms with Gasteiger partial charge in [0.1, 0.15) is 11.5 Å². The lowest BCUT2D eigenvalue weighted by Gasteiger charge is -2.33. The quantitative estimate of drug-likeness (QED) is 0.548. The summed E-state index contributed by atoms with van der Waals surface area (Å²) in [5.74, 6) is -1.79. The first-order valence-electron chi connectivity index (χ1n) is 10.6. The van der Waals surface area contributed by atoms with Crippen molar-refractivity contribution in [2.75, 3.05) is 22.7 Å². The number of para-hydroxylation sites is 1. The Kier molecular flexibility index (Phi) is 5.18. The number of nitrogens with zero attached hydrogens (tertiary/aromatic N) is 2. The predicted octanol–water partition coefficient (Wildman–Crippen LogP) is 3.82. The van der Waals surface area contributed by atoms with Gasteiger partial charge in [0.05, 0.1) is 24.4 Å². The van der Waals surface area contributed by atoms with E-state index in [1.807, 2.05) is 31.2 Å². The van der Waals surface area contributed by atoms with Gasteiger partial charge in [0.2, 0.25) is 5.91 Å². The van der Waals surface area contributed by atoms with E-state index in [9.17, 15) is 18.0 Å². The summed E-state index contributed by atoms with van der Waals surface area (Å²) in [4.78, 5) is 27.7. The van der Waals surface area contributed by atoms with Gasteiger partial charge in [0, 0.05) is 11.3 Å². The van der Waals surface area contributed by atoms with Crippen LogP contribution in [-0.4, -0.2) is 33.1 Å². The molecule has 0 N–H and O–H groups in total. The summed E-state index contributed by atoms with van der Waals surface area (Å²) in [6.45, 7) is 2.10. The maximum absolute atomic E-state index is 14.2. The number of fused-ring (bicyclic) bond motifs is 2. The number of hydrogen-bond donors (Lipinski definition) is 0. The molecule has 0 saturated carbocycles. The Labute approximate surface area is 202 Å². The lowest BCUT2D eigenvalue weighted by atomic mass is 10.0. The zero-order valence-corrected chi connectivity index (χ0v) is 20.1. The molecule has 2 aliphatic rings. The summed E-state index contributed by atoms with van der Waals surface area (Å²) < 4.78 is 32.5. The number of rotatable bonds is 4. The van der Waals surface area contributed by atoms with E-state index in [1.165, 1.54) is 24.1 Å². The highest BCUT2D eigenvalue weighted by molar-refractivity contribution is 7.94. The molecule has 34 heavy (non-hydrogen) atoms. The van der Waals surface area contributed by atoms with Crippen LogP contribution in [0.2, 0.25) is 5.02 Å². The van der Waals surface area contributed by atoms with Crippen LogP contribution in [0.5, 0.6) is 5.75 Å². The Morgan fingerprint density at radius 3 is 2.44 bits per heavy atom. The first kappa shape index (κ1) is 22.4. The third-order valence-corrected chi connectivity index (χ3v) is 8.81. The van der Waals surface area contributed by atoms with Crippen LogP contribution in [0.25, 0.3) is 0 Å². The lowest BCUT2D eigenvalue weighted by molar-refractivity contribution is -0.123. The largest absolute Gasteiger partial charge is 0.495 e. The SMILES string of the molecule is COc1ccc(N2C(=O)CS(=O)(=O)[C@@]23C(=O)N(Cc2ccccc2C)c2ccccc23)cc1Cl. The highest BCUT2D eigenvalue weighted by Gasteiger charge is 2.69. The second kappa shape index (κ2) is 7.85. The number of amides is 2. The molecule has 3 aromatic carbocycles. The number of carbonyl (C=O) groups is 2. The molecule has 0 unspecified atom stereocenters. The zero-order valence-electron chi connectivity index (χ0n) is 18.5. The Morgan fingerprint density at radius 1 is 1.03 bits per heavy atom. The van der Waals surface area contributed by atoms with Crippen molar-refractivity contribution in [2.45, 2.75) is 18.3 Å². The number of aryl methyl sites for hydroxylation is 1. The molecule has 1 saturated heterocycles. The molecule has 2 aliphatic heterocycles. The fourth-order valence-electron chi connectivity index (χ4n) is 4.80. The Morgan fingerprint density at radius 2 is 1.74 bits per heavy atom. The van der Waals surface area contributed by atoms with E-state index < -0.39 is 32.3 Å². The second-order valence-corrected chi connectivity index (χ2v) is 10.8. The summed E-state index contributed by atoms with van der Waals surface area (Å²) in [6, 6.07) is 18.8. The first-order chi connectivity index (χ1) is 16.2. The normalized spacial score (nSPS) is 20.8. The van der Waals surface area contributed by atoms with Crippen molar-refractivity contribution in [2.24, 2.45) is 0 Å². The van der Waals surface area contributed by atoms with E-state index in [2.05, 4.69) is 0 Å². The molecular formula is C25H21ClN2O5S. The number of carbonyl (C=O) groups excluding carboxylic acids is 2. The minimum absolute atomic E-state index is 0.172. The van der Waals surface area contributed by atoms with E-state index in [4.69, 9.17) is 16.3 Å². The van der Waals surface area contributed by atoms with E-state index >= 15 is 0 Å². The average molecular weight is 497 g/mol. The Hall–Kier alpha value is -3.36. The number of halogens is 1. The van der Waals surface area contributed by atoms with Crippen molar-refractivity contribution < 1.29 is 22.7 Å². The molecule has 174 valence electrons.